The molecule has 0 saturated heterocycles. The van der Waals surface area contributed by atoms with Crippen LogP contribution in [-0.4, -0.2) is 37.0 Å². The number of amidine groups is 1. The number of likely N-dealkylation sites (N-methyl/N-ethyl adjacent to an activating group) is 1. The minimum atomic E-state index is 0.0110. The highest BCUT2D eigenvalue weighted by molar-refractivity contribution is 6.32. The highest BCUT2D eigenvalue weighted by Gasteiger charge is 2.25. The summed E-state index contributed by atoms with van der Waals surface area (Å²) in [4.78, 5) is 2.30. The van der Waals surface area contributed by atoms with Gasteiger partial charge in [0.1, 0.15) is 18.2 Å². The molecule has 0 bridgehead atoms. The number of ether oxygens (including phenoxy) is 1. The van der Waals surface area contributed by atoms with Crippen LogP contribution in [0.5, 0.6) is 5.75 Å². The van der Waals surface area contributed by atoms with Crippen molar-refractivity contribution < 1.29 is 4.74 Å². The molecule has 1 saturated carbocycles. The van der Waals surface area contributed by atoms with Crippen LogP contribution >= 0.6 is 11.6 Å². The van der Waals surface area contributed by atoms with Crippen LogP contribution in [0.25, 0.3) is 0 Å². The average Bonchev–Trinajstić information content (AvgIpc) is 3.14. The van der Waals surface area contributed by atoms with Gasteiger partial charge in [-0.05, 0) is 38.1 Å². The molecule has 4 nitrogen and oxygen atoms in total. The van der Waals surface area contributed by atoms with Gasteiger partial charge in [-0.25, -0.2) is 0 Å². The number of nitrogen functional groups attached to an aromatic ring is 1. The number of nitrogens with one attached hydrogen (secondary N) is 1. The van der Waals surface area contributed by atoms with Gasteiger partial charge in [-0.3, -0.25) is 5.41 Å². The maximum absolute atomic E-state index is 7.32. The summed E-state index contributed by atoms with van der Waals surface area (Å²) in [6.07, 6.45) is 2.59. The molecule has 1 aromatic carbocycles. The summed E-state index contributed by atoms with van der Waals surface area (Å²) in [6.45, 7) is 1.52. The third kappa shape index (κ3) is 3.37. The van der Waals surface area contributed by atoms with Crippen LogP contribution in [0.4, 0.5) is 0 Å². The van der Waals surface area contributed by atoms with Gasteiger partial charge in [0.15, 0.2) is 0 Å². The summed E-state index contributed by atoms with van der Waals surface area (Å²) in [5.74, 6) is 0.655. The zero-order chi connectivity index (χ0) is 13.1. The maximum Gasteiger partial charge on any atom is 0.137 e. The predicted molar refractivity (Wildman–Crippen MR) is 73.6 cm³/mol. The molecule has 0 atom stereocenters. The van der Waals surface area contributed by atoms with Crippen molar-refractivity contribution in [2.24, 2.45) is 5.73 Å². The van der Waals surface area contributed by atoms with Gasteiger partial charge < -0.3 is 15.4 Å². The molecule has 1 aliphatic carbocycles. The number of nitrogens with zero attached hydrogens (tertiary/aromatic N) is 1. The molecule has 0 aromatic heterocycles. The Morgan fingerprint density at radius 3 is 2.83 bits per heavy atom. The molecule has 98 valence electrons. The minimum Gasteiger partial charge on any atom is -0.491 e. The number of halogens is 1. The largest absolute Gasteiger partial charge is 0.491 e. The Hall–Kier alpha value is -1.26. The van der Waals surface area contributed by atoms with E-state index in [2.05, 4.69) is 11.9 Å². The number of hydrogen-bond acceptors (Lipinski definition) is 3. The lowest BCUT2D eigenvalue weighted by Crippen LogP contribution is -2.26. The van der Waals surface area contributed by atoms with E-state index in [9.17, 15) is 0 Å². The Labute approximate surface area is 112 Å². The van der Waals surface area contributed by atoms with E-state index in [1.54, 1.807) is 18.2 Å². The molecule has 0 heterocycles. The molecular weight excluding hydrogens is 250 g/mol. The van der Waals surface area contributed by atoms with Gasteiger partial charge in [0, 0.05) is 18.2 Å². The molecule has 0 aliphatic heterocycles. The summed E-state index contributed by atoms with van der Waals surface area (Å²) >= 11 is 6.07. The SMILES string of the molecule is CN(CCOc1ccc(C(=N)N)cc1Cl)C1CC1. The first-order valence-electron chi connectivity index (χ1n) is 6.05. The van der Waals surface area contributed by atoms with Crippen molar-refractivity contribution in [1.82, 2.24) is 4.90 Å². The quantitative estimate of drug-likeness (QED) is 0.613. The third-order valence-corrected chi connectivity index (χ3v) is 3.41. The van der Waals surface area contributed by atoms with E-state index >= 15 is 0 Å². The van der Waals surface area contributed by atoms with Crippen LogP contribution < -0.4 is 10.5 Å². The Morgan fingerprint density at radius 1 is 1.56 bits per heavy atom. The second kappa shape index (κ2) is 5.59. The molecule has 18 heavy (non-hydrogen) atoms. The molecular formula is C13H18ClN3O. The fraction of sp³-hybridized carbons (Fsp3) is 0.462. The minimum absolute atomic E-state index is 0.0110. The first-order chi connectivity index (χ1) is 8.58. The van der Waals surface area contributed by atoms with Crippen molar-refractivity contribution in [2.45, 2.75) is 18.9 Å². The molecule has 0 radical (unpaired) electrons. The van der Waals surface area contributed by atoms with E-state index in [0.29, 0.717) is 22.9 Å². The van der Waals surface area contributed by atoms with E-state index in [4.69, 9.17) is 27.5 Å². The van der Waals surface area contributed by atoms with Crippen molar-refractivity contribution in [2.75, 3.05) is 20.2 Å². The summed E-state index contributed by atoms with van der Waals surface area (Å²) in [5.41, 5.74) is 6.00. The third-order valence-electron chi connectivity index (χ3n) is 3.11. The molecule has 2 rings (SSSR count). The first-order valence-corrected chi connectivity index (χ1v) is 6.42. The molecule has 0 spiro atoms. The van der Waals surface area contributed by atoms with Gasteiger partial charge in [0.2, 0.25) is 0 Å². The molecule has 3 N–H and O–H groups in total. The van der Waals surface area contributed by atoms with E-state index in [-0.39, 0.29) is 5.84 Å². The molecule has 5 heteroatoms. The maximum atomic E-state index is 7.32. The van der Waals surface area contributed by atoms with Crippen molar-refractivity contribution in [3.63, 3.8) is 0 Å². The highest BCUT2D eigenvalue weighted by Crippen LogP contribution is 2.27. The Bertz CT molecular complexity index is 446. The van der Waals surface area contributed by atoms with Gasteiger partial charge in [-0.1, -0.05) is 11.6 Å². The predicted octanol–water partition coefficient (Wildman–Crippen LogP) is 2.10. The molecule has 1 aromatic rings. The Kier molecular flexibility index (Phi) is 4.09. The van der Waals surface area contributed by atoms with Crippen LogP contribution in [-0.2, 0) is 0 Å². The number of hydrogen-bond donors (Lipinski definition) is 2. The summed E-state index contributed by atoms with van der Waals surface area (Å²) < 4.78 is 5.64. The molecule has 0 unspecified atom stereocenters. The lowest BCUT2D eigenvalue weighted by atomic mass is 10.2. The second-order valence-corrected chi connectivity index (χ2v) is 5.03. The zero-order valence-electron chi connectivity index (χ0n) is 10.4. The Morgan fingerprint density at radius 2 is 2.28 bits per heavy atom. The van der Waals surface area contributed by atoms with Crippen molar-refractivity contribution in [3.05, 3.63) is 28.8 Å². The molecule has 0 amide bonds. The second-order valence-electron chi connectivity index (χ2n) is 4.62. The van der Waals surface area contributed by atoms with E-state index in [0.717, 1.165) is 12.6 Å². The number of nitrogens with two attached hydrogens (primary N) is 1. The van der Waals surface area contributed by atoms with Crippen molar-refractivity contribution in [3.8, 4) is 5.75 Å². The van der Waals surface area contributed by atoms with Crippen LogP contribution in [0.2, 0.25) is 5.02 Å². The molecule has 1 fully saturated rings. The lowest BCUT2D eigenvalue weighted by Gasteiger charge is -2.16. The highest BCUT2D eigenvalue weighted by atomic mass is 35.5. The monoisotopic (exact) mass is 267 g/mol. The van der Waals surface area contributed by atoms with Crippen molar-refractivity contribution in [1.29, 1.82) is 5.41 Å². The fourth-order valence-corrected chi connectivity index (χ4v) is 2.02. The standard InChI is InChI=1S/C13H18ClN3O/c1-17(10-3-4-10)6-7-18-12-5-2-9(13(15)16)8-11(12)14/h2,5,8,10H,3-4,6-7H2,1H3,(H3,15,16). The van der Waals surface area contributed by atoms with Crippen LogP contribution in [0, 0.1) is 5.41 Å². The lowest BCUT2D eigenvalue weighted by molar-refractivity contribution is 0.232. The van der Waals surface area contributed by atoms with Crippen LogP contribution in [0.3, 0.4) is 0 Å². The van der Waals surface area contributed by atoms with Gasteiger partial charge in [-0.2, -0.15) is 0 Å². The summed E-state index contributed by atoms with van der Waals surface area (Å²) in [6, 6.07) is 5.90. The fourth-order valence-electron chi connectivity index (χ4n) is 1.78. The normalized spacial score (nSPS) is 14.8. The van der Waals surface area contributed by atoms with Gasteiger partial charge in [-0.15, -0.1) is 0 Å². The van der Waals surface area contributed by atoms with Crippen LogP contribution in [0.1, 0.15) is 18.4 Å². The van der Waals surface area contributed by atoms with E-state index in [1.807, 2.05) is 0 Å². The summed E-state index contributed by atoms with van der Waals surface area (Å²) in [5, 5.41) is 7.82. The zero-order valence-corrected chi connectivity index (χ0v) is 11.2. The van der Waals surface area contributed by atoms with E-state index in [1.165, 1.54) is 12.8 Å². The summed E-state index contributed by atoms with van der Waals surface area (Å²) in [7, 11) is 2.11. The van der Waals surface area contributed by atoms with E-state index < -0.39 is 0 Å². The van der Waals surface area contributed by atoms with Crippen LogP contribution in [0.15, 0.2) is 18.2 Å². The van der Waals surface area contributed by atoms with Gasteiger partial charge >= 0.3 is 0 Å². The smallest absolute Gasteiger partial charge is 0.137 e. The van der Waals surface area contributed by atoms with Gasteiger partial charge in [0.25, 0.3) is 0 Å². The Balaban J connectivity index is 1.86. The average molecular weight is 268 g/mol. The van der Waals surface area contributed by atoms with Gasteiger partial charge in [0.05, 0.1) is 5.02 Å². The topological polar surface area (TPSA) is 62.3 Å². The van der Waals surface area contributed by atoms with Crippen molar-refractivity contribution >= 4 is 17.4 Å². The molecule has 1 aliphatic rings. The first kappa shape index (κ1) is 13.2. The number of rotatable bonds is 6. The number of benzene rings is 1.